The second kappa shape index (κ2) is 7.75. The van der Waals surface area contributed by atoms with Gasteiger partial charge in [-0.2, -0.15) is 5.10 Å². The Bertz CT molecular complexity index is 812. The van der Waals surface area contributed by atoms with Crippen molar-refractivity contribution in [3.63, 3.8) is 0 Å². The summed E-state index contributed by atoms with van der Waals surface area (Å²) in [6, 6.07) is 14.0. The third-order valence-electron chi connectivity index (χ3n) is 4.03. The summed E-state index contributed by atoms with van der Waals surface area (Å²) in [7, 11) is 0. The zero-order valence-corrected chi connectivity index (χ0v) is 14.5. The third kappa shape index (κ3) is 4.32. The van der Waals surface area contributed by atoms with Crippen LogP contribution in [-0.2, 0) is 13.1 Å². The van der Waals surface area contributed by atoms with Crippen LogP contribution in [0.4, 0.5) is 0 Å². The maximum Gasteiger partial charge on any atom is 0.257 e. The normalized spacial score (nSPS) is 10.8. The Morgan fingerprint density at radius 2 is 1.84 bits per heavy atom. The monoisotopic (exact) mass is 334 g/mol. The van der Waals surface area contributed by atoms with E-state index in [9.17, 15) is 4.79 Å². The van der Waals surface area contributed by atoms with Crippen LogP contribution in [0, 0.1) is 0 Å². The van der Waals surface area contributed by atoms with Crippen molar-refractivity contribution in [1.82, 2.24) is 19.7 Å². The molecule has 0 aliphatic carbocycles. The summed E-state index contributed by atoms with van der Waals surface area (Å²) >= 11 is 0. The average Bonchev–Trinajstić information content (AvgIpc) is 3.09. The van der Waals surface area contributed by atoms with Crippen LogP contribution in [0.5, 0.6) is 0 Å². The Morgan fingerprint density at radius 3 is 2.52 bits per heavy atom. The Hall–Kier alpha value is -2.95. The zero-order chi connectivity index (χ0) is 17.6. The molecular formula is C20H22N4O. The molecule has 0 bridgehead atoms. The zero-order valence-electron chi connectivity index (χ0n) is 14.5. The Morgan fingerprint density at radius 1 is 1.08 bits per heavy atom. The summed E-state index contributed by atoms with van der Waals surface area (Å²) in [6.07, 6.45) is 6.98. The molecular weight excluding hydrogens is 312 g/mol. The topological polar surface area (TPSA) is 51.0 Å². The summed E-state index contributed by atoms with van der Waals surface area (Å²) in [5, 5.41) is 4.34. The number of nitrogens with zero attached hydrogens (tertiary/aromatic N) is 4. The number of carbonyl (C=O) groups is 1. The Balaban J connectivity index is 1.74. The second-order valence-corrected chi connectivity index (χ2v) is 6.30. The van der Waals surface area contributed by atoms with Crippen LogP contribution in [0.1, 0.15) is 35.3 Å². The molecule has 2 aromatic heterocycles. The van der Waals surface area contributed by atoms with Crippen molar-refractivity contribution in [2.24, 2.45) is 0 Å². The summed E-state index contributed by atoms with van der Waals surface area (Å²) in [6.45, 7) is 5.22. The molecule has 128 valence electrons. The molecule has 0 aliphatic heterocycles. The molecule has 25 heavy (non-hydrogen) atoms. The van der Waals surface area contributed by atoms with E-state index >= 15 is 0 Å². The number of benzene rings is 1. The van der Waals surface area contributed by atoms with Crippen molar-refractivity contribution in [2.45, 2.75) is 33.0 Å². The molecule has 5 heteroatoms. The lowest BCUT2D eigenvalue weighted by Crippen LogP contribution is -2.36. The van der Waals surface area contributed by atoms with Gasteiger partial charge in [0.15, 0.2) is 0 Å². The summed E-state index contributed by atoms with van der Waals surface area (Å²) in [4.78, 5) is 18.9. The molecule has 1 amide bonds. The van der Waals surface area contributed by atoms with Crippen LogP contribution >= 0.6 is 0 Å². The first-order valence-electron chi connectivity index (χ1n) is 8.40. The summed E-state index contributed by atoms with van der Waals surface area (Å²) in [5.41, 5.74) is 2.77. The number of rotatable bonds is 6. The van der Waals surface area contributed by atoms with E-state index in [2.05, 4.69) is 10.1 Å². The van der Waals surface area contributed by atoms with Crippen LogP contribution in [0.3, 0.4) is 0 Å². The maximum atomic E-state index is 12.9. The second-order valence-electron chi connectivity index (χ2n) is 6.30. The van der Waals surface area contributed by atoms with Gasteiger partial charge in [-0.25, -0.2) is 0 Å². The summed E-state index contributed by atoms with van der Waals surface area (Å²) < 4.78 is 1.80. The number of aromatic nitrogens is 3. The van der Waals surface area contributed by atoms with Crippen LogP contribution in [0.25, 0.3) is 0 Å². The van der Waals surface area contributed by atoms with Gasteiger partial charge in [-0.1, -0.05) is 36.4 Å². The Kier molecular flexibility index (Phi) is 5.23. The van der Waals surface area contributed by atoms with Gasteiger partial charge in [0.25, 0.3) is 5.91 Å². The first kappa shape index (κ1) is 16.9. The number of amides is 1. The minimum Gasteiger partial charge on any atom is -0.332 e. The fourth-order valence-corrected chi connectivity index (χ4v) is 2.67. The van der Waals surface area contributed by atoms with Gasteiger partial charge in [-0.3, -0.25) is 14.5 Å². The lowest BCUT2D eigenvalue weighted by atomic mass is 10.2. The standard InChI is InChI=1S/C20H22N4O/c1-16(2)24(14-18-9-6-10-21-11-18)20(25)19-12-22-23(15-19)13-17-7-4-3-5-8-17/h3-12,15-16H,13-14H2,1-2H3. The molecule has 0 aliphatic rings. The quantitative estimate of drug-likeness (QED) is 0.694. The van der Waals surface area contributed by atoms with E-state index in [-0.39, 0.29) is 11.9 Å². The molecule has 0 saturated carbocycles. The maximum absolute atomic E-state index is 12.9. The molecule has 2 heterocycles. The van der Waals surface area contributed by atoms with Gasteiger partial charge in [0.2, 0.25) is 0 Å². The number of carbonyl (C=O) groups excluding carboxylic acids is 1. The average molecular weight is 334 g/mol. The highest BCUT2D eigenvalue weighted by Gasteiger charge is 2.20. The van der Waals surface area contributed by atoms with Gasteiger partial charge in [-0.15, -0.1) is 0 Å². The molecule has 0 atom stereocenters. The first-order chi connectivity index (χ1) is 12.1. The molecule has 3 rings (SSSR count). The van der Waals surface area contributed by atoms with Crippen LogP contribution in [0.2, 0.25) is 0 Å². The van der Waals surface area contributed by atoms with E-state index in [0.29, 0.717) is 18.7 Å². The van der Waals surface area contributed by atoms with Crippen molar-refractivity contribution in [3.05, 3.63) is 83.9 Å². The van der Waals surface area contributed by atoms with Gasteiger partial charge in [-0.05, 0) is 31.0 Å². The van der Waals surface area contributed by atoms with Gasteiger partial charge in [0.1, 0.15) is 0 Å². The third-order valence-corrected chi connectivity index (χ3v) is 4.03. The highest BCUT2D eigenvalue weighted by Crippen LogP contribution is 2.13. The molecule has 0 N–H and O–H groups in total. The molecule has 0 saturated heterocycles. The minimum absolute atomic E-state index is 0.0156. The van der Waals surface area contributed by atoms with E-state index in [1.165, 1.54) is 0 Å². The van der Waals surface area contributed by atoms with E-state index in [4.69, 9.17) is 0 Å². The molecule has 0 radical (unpaired) electrons. The van der Waals surface area contributed by atoms with Gasteiger partial charge in [0, 0.05) is 31.2 Å². The minimum atomic E-state index is -0.0156. The van der Waals surface area contributed by atoms with Gasteiger partial charge >= 0.3 is 0 Å². The number of hydrogen-bond donors (Lipinski definition) is 0. The smallest absolute Gasteiger partial charge is 0.257 e. The van der Waals surface area contributed by atoms with Crippen molar-refractivity contribution >= 4 is 5.91 Å². The predicted molar refractivity (Wildman–Crippen MR) is 97.0 cm³/mol. The van der Waals surface area contributed by atoms with E-state index < -0.39 is 0 Å². The van der Waals surface area contributed by atoms with Crippen molar-refractivity contribution in [1.29, 1.82) is 0 Å². The molecule has 0 spiro atoms. The lowest BCUT2D eigenvalue weighted by molar-refractivity contribution is 0.0690. The molecule has 1 aromatic carbocycles. The van der Waals surface area contributed by atoms with Crippen molar-refractivity contribution < 1.29 is 4.79 Å². The number of pyridine rings is 1. The lowest BCUT2D eigenvalue weighted by Gasteiger charge is -2.26. The van der Waals surface area contributed by atoms with Crippen LogP contribution < -0.4 is 0 Å². The first-order valence-corrected chi connectivity index (χ1v) is 8.40. The molecule has 5 nitrogen and oxygen atoms in total. The molecule has 3 aromatic rings. The van der Waals surface area contributed by atoms with E-state index in [1.54, 1.807) is 23.3 Å². The highest BCUT2D eigenvalue weighted by atomic mass is 16.2. The van der Waals surface area contributed by atoms with Crippen LogP contribution in [-0.4, -0.2) is 31.6 Å². The SMILES string of the molecule is CC(C)N(Cc1cccnc1)C(=O)c1cnn(Cc2ccccc2)c1. The van der Waals surface area contributed by atoms with Gasteiger partial charge in [0.05, 0.1) is 18.3 Å². The molecule has 0 fully saturated rings. The van der Waals surface area contributed by atoms with Crippen molar-refractivity contribution in [2.75, 3.05) is 0 Å². The van der Waals surface area contributed by atoms with Crippen molar-refractivity contribution in [3.8, 4) is 0 Å². The molecule has 0 unspecified atom stereocenters. The largest absolute Gasteiger partial charge is 0.332 e. The number of hydrogen-bond acceptors (Lipinski definition) is 3. The van der Waals surface area contributed by atoms with Crippen LogP contribution in [0.15, 0.2) is 67.3 Å². The Labute approximate surface area is 147 Å². The fourth-order valence-electron chi connectivity index (χ4n) is 2.67. The van der Waals surface area contributed by atoms with E-state index in [0.717, 1.165) is 11.1 Å². The summed E-state index contributed by atoms with van der Waals surface area (Å²) in [5.74, 6) is -0.0156. The highest BCUT2D eigenvalue weighted by molar-refractivity contribution is 5.93. The fraction of sp³-hybridized carbons (Fsp3) is 0.250. The van der Waals surface area contributed by atoms with Gasteiger partial charge < -0.3 is 4.90 Å². The predicted octanol–water partition coefficient (Wildman–Crippen LogP) is 3.38. The van der Waals surface area contributed by atoms with E-state index in [1.807, 2.05) is 67.4 Å².